The number of pyridine rings is 1. The van der Waals surface area contributed by atoms with Crippen LogP contribution in [0.25, 0.3) is 11.3 Å². The predicted octanol–water partition coefficient (Wildman–Crippen LogP) is 3.04. The van der Waals surface area contributed by atoms with E-state index in [1.165, 1.54) is 6.92 Å². The van der Waals surface area contributed by atoms with E-state index in [-0.39, 0.29) is 23.4 Å². The summed E-state index contributed by atoms with van der Waals surface area (Å²) in [5, 5.41) is 12.6. The first kappa shape index (κ1) is 18.9. The van der Waals surface area contributed by atoms with Crippen LogP contribution in [0, 0.1) is 11.8 Å². The zero-order valence-corrected chi connectivity index (χ0v) is 15.8. The molecule has 0 unspecified atom stereocenters. The number of rotatable bonds is 5. The third-order valence-corrected chi connectivity index (χ3v) is 5.08. The van der Waals surface area contributed by atoms with E-state index >= 15 is 0 Å². The second kappa shape index (κ2) is 7.78. The molecular formula is C21H25N3O3. The first-order chi connectivity index (χ1) is 12.9. The van der Waals surface area contributed by atoms with Crippen LogP contribution in [-0.4, -0.2) is 41.1 Å². The fourth-order valence-electron chi connectivity index (χ4n) is 3.72. The minimum Gasteiger partial charge on any atom is -0.478 e. The van der Waals surface area contributed by atoms with Crippen LogP contribution in [-0.2, 0) is 4.79 Å². The Hall–Kier alpha value is -2.89. The summed E-state index contributed by atoms with van der Waals surface area (Å²) in [4.78, 5) is 30.0. The number of amides is 1. The van der Waals surface area contributed by atoms with Crippen molar-refractivity contribution in [1.29, 1.82) is 0 Å². The number of aromatic nitrogens is 1. The summed E-state index contributed by atoms with van der Waals surface area (Å²) < 4.78 is 0. The molecule has 0 bridgehead atoms. The van der Waals surface area contributed by atoms with Gasteiger partial charge in [0.05, 0.1) is 11.7 Å². The Balaban J connectivity index is 1.99. The number of carboxylic acids is 1. The highest BCUT2D eigenvalue weighted by atomic mass is 16.4. The van der Waals surface area contributed by atoms with Gasteiger partial charge in [-0.15, -0.1) is 0 Å². The molecule has 1 aliphatic heterocycles. The van der Waals surface area contributed by atoms with E-state index in [4.69, 9.17) is 0 Å². The van der Waals surface area contributed by atoms with E-state index in [1.54, 1.807) is 12.1 Å². The van der Waals surface area contributed by atoms with Gasteiger partial charge in [0.15, 0.2) is 0 Å². The van der Waals surface area contributed by atoms with Crippen molar-refractivity contribution < 1.29 is 14.7 Å². The second-order valence-electron chi connectivity index (χ2n) is 7.36. The standard InChI is InChI=1S/C21H25N3O3/c1-13(2)17-11-24(12-19(17)22-14(3)25)20-16(21(26)27)9-10-18(23-20)15-7-5-4-6-8-15/h4-10,13,17,19H,11-12H2,1-3H3,(H,22,25)(H,26,27)/t17-,19+/m0/s1. The zero-order chi connectivity index (χ0) is 19.6. The molecule has 142 valence electrons. The maximum Gasteiger partial charge on any atom is 0.339 e. The van der Waals surface area contributed by atoms with E-state index in [1.807, 2.05) is 35.2 Å². The van der Waals surface area contributed by atoms with Gasteiger partial charge < -0.3 is 15.3 Å². The molecule has 1 aliphatic rings. The van der Waals surface area contributed by atoms with Gasteiger partial charge in [-0.3, -0.25) is 4.79 Å². The summed E-state index contributed by atoms with van der Waals surface area (Å²) in [6, 6.07) is 13.0. The number of carbonyl (C=O) groups is 2. The Morgan fingerprint density at radius 2 is 1.85 bits per heavy atom. The summed E-state index contributed by atoms with van der Waals surface area (Å²) in [5.74, 6) is -0.0179. The molecule has 2 heterocycles. The lowest BCUT2D eigenvalue weighted by atomic mass is 9.91. The van der Waals surface area contributed by atoms with Crippen molar-refractivity contribution in [2.45, 2.75) is 26.8 Å². The molecule has 3 rings (SSSR count). The molecule has 6 nitrogen and oxygen atoms in total. The number of carbonyl (C=O) groups excluding carboxylic acids is 1. The van der Waals surface area contributed by atoms with E-state index in [0.717, 1.165) is 11.3 Å². The van der Waals surface area contributed by atoms with Crippen LogP contribution in [0.4, 0.5) is 5.82 Å². The Morgan fingerprint density at radius 1 is 1.15 bits per heavy atom. The van der Waals surface area contributed by atoms with Crippen molar-refractivity contribution in [1.82, 2.24) is 10.3 Å². The molecule has 1 aromatic carbocycles. The number of hydrogen-bond donors (Lipinski definition) is 2. The summed E-state index contributed by atoms with van der Waals surface area (Å²) in [5.41, 5.74) is 1.86. The van der Waals surface area contributed by atoms with Crippen molar-refractivity contribution in [2.75, 3.05) is 18.0 Å². The first-order valence-electron chi connectivity index (χ1n) is 9.18. The lowest BCUT2D eigenvalue weighted by Gasteiger charge is -2.21. The van der Waals surface area contributed by atoms with Gasteiger partial charge in [0.25, 0.3) is 0 Å². The van der Waals surface area contributed by atoms with E-state index in [0.29, 0.717) is 24.8 Å². The largest absolute Gasteiger partial charge is 0.478 e. The third-order valence-electron chi connectivity index (χ3n) is 5.08. The number of benzene rings is 1. The Kier molecular flexibility index (Phi) is 5.44. The smallest absolute Gasteiger partial charge is 0.339 e. The molecule has 1 saturated heterocycles. The number of hydrogen-bond acceptors (Lipinski definition) is 4. The fraction of sp³-hybridized carbons (Fsp3) is 0.381. The van der Waals surface area contributed by atoms with Crippen LogP contribution in [0.2, 0.25) is 0 Å². The van der Waals surface area contributed by atoms with Gasteiger partial charge in [-0.1, -0.05) is 44.2 Å². The molecule has 1 aromatic heterocycles. The quantitative estimate of drug-likeness (QED) is 0.849. The molecule has 0 spiro atoms. The van der Waals surface area contributed by atoms with Crippen LogP contribution in [0.15, 0.2) is 42.5 Å². The van der Waals surface area contributed by atoms with Crippen LogP contribution in [0.5, 0.6) is 0 Å². The minimum absolute atomic E-state index is 0.0219. The van der Waals surface area contributed by atoms with Gasteiger partial charge in [-0.05, 0) is 18.1 Å². The molecule has 1 amide bonds. The summed E-state index contributed by atoms with van der Waals surface area (Å²) >= 11 is 0. The highest BCUT2D eigenvalue weighted by Crippen LogP contribution is 2.31. The minimum atomic E-state index is -0.999. The van der Waals surface area contributed by atoms with Crippen molar-refractivity contribution >= 4 is 17.7 Å². The van der Waals surface area contributed by atoms with Crippen molar-refractivity contribution in [2.24, 2.45) is 11.8 Å². The van der Waals surface area contributed by atoms with Crippen LogP contribution in [0.1, 0.15) is 31.1 Å². The Labute approximate surface area is 159 Å². The average molecular weight is 367 g/mol. The maximum atomic E-state index is 11.8. The molecule has 0 radical (unpaired) electrons. The van der Waals surface area contributed by atoms with Crippen molar-refractivity contribution in [3.63, 3.8) is 0 Å². The summed E-state index contributed by atoms with van der Waals surface area (Å²) in [7, 11) is 0. The maximum absolute atomic E-state index is 11.8. The van der Waals surface area contributed by atoms with Crippen molar-refractivity contribution in [3.8, 4) is 11.3 Å². The first-order valence-corrected chi connectivity index (χ1v) is 9.18. The van der Waals surface area contributed by atoms with Gasteiger partial charge in [0, 0.05) is 31.5 Å². The summed E-state index contributed by atoms with van der Waals surface area (Å²) in [6.45, 7) is 6.96. The normalized spacial score (nSPS) is 19.3. The fourth-order valence-corrected chi connectivity index (χ4v) is 3.72. The number of anilines is 1. The number of carboxylic acid groups (broad SMARTS) is 1. The van der Waals surface area contributed by atoms with Crippen LogP contribution in [0.3, 0.4) is 0 Å². The Morgan fingerprint density at radius 3 is 2.44 bits per heavy atom. The van der Waals surface area contributed by atoms with Crippen molar-refractivity contribution in [3.05, 3.63) is 48.0 Å². The van der Waals surface area contributed by atoms with Crippen LogP contribution >= 0.6 is 0 Å². The lowest BCUT2D eigenvalue weighted by Crippen LogP contribution is -2.40. The average Bonchev–Trinajstić information content (AvgIpc) is 3.05. The number of nitrogens with one attached hydrogen (secondary N) is 1. The van der Waals surface area contributed by atoms with Gasteiger partial charge in [0.1, 0.15) is 11.4 Å². The third kappa shape index (κ3) is 4.10. The van der Waals surface area contributed by atoms with E-state index < -0.39 is 5.97 Å². The monoisotopic (exact) mass is 367 g/mol. The molecule has 2 N–H and O–H groups in total. The molecule has 0 aliphatic carbocycles. The SMILES string of the molecule is CC(=O)N[C@@H]1CN(c2nc(-c3ccccc3)ccc2C(=O)O)C[C@H]1C(C)C. The molecule has 2 aromatic rings. The number of nitrogens with zero attached hydrogens (tertiary/aromatic N) is 2. The molecule has 6 heteroatoms. The zero-order valence-electron chi connectivity index (χ0n) is 15.8. The van der Waals surface area contributed by atoms with Crippen LogP contribution < -0.4 is 10.2 Å². The molecule has 2 atom stereocenters. The molecule has 0 saturated carbocycles. The van der Waals surface area contributed by atoms with Gasteiger partial charge in [0.2, 0.25) is 5.91 Å². The highest BCUT2D eigenvalue weighted by molar-refractivity contribution is 5.94. The second-order valence-corrected chi connectivity index (χ2v) is 7.36. The molecule has 27 heavy (non-hydrogen) atoms. The predicted molar refractivity (Wildman–Crippen MR) is 105 cm³/mol. The topological polar surface area (TPSA) is 82.5 Å². The van der Waals surface area contributed by atoms with Gasteiger partial charge in [-0.2, -0.15) is 0 Å². The lowest BCUT2D eigenvalue weighted by molar-refractivity contribution is -0.119. The highest BCUT2D eigenvalue weighted by Gasteiger charge is 2.37. The summed E-state index contributed by atoms with van der Waals surface area (Å²) in [6.07, 6.45) is 0. The van der Waals surface area contributed by atoms with E-state index in [2.05, 4.69) is 24.1 Å². The molecule has 1 fully saturated rings. The Bertz CT molecular complexity index is 836. The van der Waals surface area contributed by atoms with Gasteiger partial charge >= 0.3 is 5.97 Å². The molecular weight excluding hydrogens is 342 g/mol. The van der Waals surface area contributed by atoms with E-state index in [9.17, 15) is 14.7 Å². The van der Waals surface area contributed by atoms with Gasteiger partial charge in [-0.25, -0.2) is 9.78 Å². The number of aromatic carboxylic acids is 1.